The molecule has 1 unspecified atom stereocenters. The Labute approximate surface area is 161 Å². The summed E-state index contributed by atoms with van der Waals surface area (Å²) in [6, 6.07) is 1.80. The van der Waals surface area contributed by atoms with E-state index in [1.807, 2.05) is 11.5 Å². The van der Waals surface area contributed by atoms with Crippen molar-refractivity contribution in [2.24, 2.45) is 5.73 Å². The van der Waals surface area contributed by atoms with Crippen LogP contribution in [0.5, 0.6) is 5.88 Å². The third kappa shape index (κ3) is 4.05. The molecule has 10 heteroatoms. The largest absolute Gasteiger partial charge is 0.478 e. The van der Waals surface area contributed by atoms with E-state index in [-0.39, 0.29) is 5.82 Å². The van der Waals surface area contributed by atoms with Crippen molar-refractivity contribution in [3.63, 3.8) is 0 Å². The first-order chi connectivity index (χ1) is 13.5. The molecular formula is C18H23N7O3. The van der Waals surface area contributed by atoms with Crippen LogP contribution in [0.3, 0.4) is 0 Å². The van der Waals surface area contributed by atoms with Gasteiger partial charge in [0.1, 0.15) is 17.3 Å². The van der Waals surface area contributed by atoms with Gasteiger partial charge in [0.05, 0.1) is 12.1 Å². The average Bonchev–Trinajstić information content (AvgIpc) is 3.24. The number of hydrogen-bond acceptors (Lipinski definition) is 9. The minimum atomic E-state index is -0.800. The van der Waals surface area contributed by atoms with Gasteiger partial charge < -0.3 is 25.9 Å². The molecule has 5 N–H and O–H groups in total. The summed E-state index contributed by atoms with van der Waals surface area (Å²) in [5.41, 5.74) is 13.5. The van der Waals surface area contributed by atoms with Crippen LogP contribution < -0.4 is 16.2 Å². The van der Waals surface area contributed by atoms with Crippen molar-refractivity contribution in [3.8, 4) is 29.2 Å². The SMILES string of the molecule is CCCn1c(-c2nonc2N)nc2c(C#CC(C)O)nc(OCCCN)cc21. The fourth-order valence-corrected chi connectivity index (χ4v) is 2.67. The number of rotatable bonds is 7. The van der Waals surface area contributed by atoms with Gasteiger partial charge in [-0.15, -0.1) is 0 Å². The molecule has 28 heavy (non-hydrogen) atoms. The summed E-state index contributed by atoms with van der Waals surface area (Å²) in [6.07, 6.45) is 0.755. The Morgan fingerprint density at radius 1 is 1.36 bits per heavy atom. The van der Waals surface area contributed by atoms with Crippen LogP contribution in [0.25, 0.3) is 22.6 Å². The Morgan fingerprint density at radius 3 is 2.82 bits per heavy atom. The van der Waals surface area contributed by atoms with Crippen LogP contribution in [0.15, 0.2) is 10.7 Å². The molecule has 0 amide bonds. The average molecular weight is 385 g/mol. The molecule has 1 atom stereocenters. The smallest absolute Gasteiger partial charge is 0.216 e. The normalized spacial score (nSPS) is 12.0. The monoisotopic (exact) mass is 385 g/mol. The first kappa shape index (κ1) is 19.6. The van der Waals surface area contributed by atoms with Crippen molar-refractivity contribution < 1.29 is 14.5 Å². The lowest BCUT2D eigenvalue weighted by molar-refractivity contribution is 0.253. The molecule has 0 aliphatic rings. The van der Waals surface area contributed by atoms with Crippen LogP contribution in [0.2, 0.25) is 0 Å². The number of hydrogen-bond donors (Lipinski definition) is 3. The van der Waals surface area contributed by atoms with Gasteiger partial charge in [0.2, 0.25) is 5.88 Å². The van der Waals surface area contributed by atoms with Crippen molar-refractivity contribution in [2.75, 3.05) is 18.9 Å². The fourth-order valence-electron chi connectivity index (χ4n) is 2.67. The second-order valence-corrected chi connectivity index (χ2v) is 6.20. The number of nitrogens with zero attached hydrogens (tertiary/aromatic N) is 5. The Bertz CT molecular complexity index is 1010. The predicted octanol–water partition coefficient (Wildman–Crippen LogP) is 0.933. The van der Waals surface area contributed by atoms with E-state index in [0.717, 1.165) is 11.9 Å². The predicted molar refractivity (Wildman–Crippen MR) is 103 cm³/mol. The van der Waals surface area contributed by atoms with E-state index >= 15 is 0 Å². The Hall–Kier alpha value is -3.16. The molecule has 10 nitrogen and oxygen atoms in total. The summed E-state index contributed by atoms with van der Waals surface area (Å²) >= 11 is 0. The summed E-state index contributed by atoms with van der Waals surface area (Å²) in [5, 5.41) is 17.1. The Kier molecular flexibility index (Phi) is 6.08. The maximum atomic E-state index is 9.54. The Balaban J connectivity index is 2.21. The summed E-state index contributed by atoms with van der Waals surface area (Å²) in [4.78, 5) is 9.10. The molecule has 0 aliphatic heterocycles. The van der Waals surface area contributed by atoms with E-state index < -0.39 is 6.10 Å². The number of fused-ring (bicyclic) bond motifs is 1. The molecule has 0 aromatic carbocycles. The van der Waals surface area contributed by atoms with Gasteiger partial charge in [0, 0.05) is 12.6 Å². The molecule has 3 rings (SSSR count). The zero-order valence-corrected chi connectivity index (χ0v) is 15.8. The summed E-state index contributed by atoms with van der Waals surface area (Å²) < 4.78 is 12.4. The summed E-state index contributed by atoms with van der Waals surface area (Å²) in [6.45, 7) is 5.25. The highest BCUT2D eigenvalue weighted by Gasteiger charge is 2.21. The molecule has 3 heterocycles. The van der Waals surface area contributed by atoms with Gasteiger partial charge in [-0.2, -0.15) is 0 Å². The standard InChI is InChI=1S/C18H23N7O3/c1-3-8-25-13-10-14(27-9-4-7-19)21-12(6-5-11(2)26)15(13)22-18(25)16-17(20)24-28-23-16/h10-11,26H,3-4,7-9,19H2,1-2H3,(H2,20,24). The lowest BCUT2D eigenvalue weighted by Gasteiger charge is -2.08. The number of nitrogen functional groups attached to an aromatic ring is 1. The molecular weight excluding hydrogens is 362 g/mol. The third-order valence-electron chi connectivity index (χ3n) is 3.88. The lowest BCUT2D eigenvalue weighted by Crippen LogP contribution is -2.07. The van der Waals surface area contributed by atoms with Crippen LogP contribution in [0.1, 0.15) is 32.4 Å². The first-order valence-electron chi connectivity index (χ1n) is 9.07. The number of aliphatic hydroxyl groups is 1. The zero-order valence-electron chi connectivity index (χ0n) is 15.8. The molecule has 3 aromatic heterocycles. The minimum absolute atomic E-state index is 0.150. The summed E-state index contributed by atoms with van der Waals surface area (Å²) in [7, 11) is 0. The topological polar surface area (TPSA) is 151 Å². The van der Waals surface area contributed by atoms with Gasteiger partial charge in [0.25, 0.3) is 0 Å². The molecule has 0 saturated carbocycles. The van der Waals surface area contributed by atoms with Crippen LogP contribution >= 0.6 is 0 Å². The van der Waals surface area contributed by atoms with E-state index in [0.29, 0.717) is 54.7 Å². The van der Waals surface area contributed by atoms with E-state index in [2.05, 4.69) is 32.1 Å². The van der Waals surface area contributed by atoms with Crippen molar-refractivity contribution in [1.82, 2.24) is 24.8 Å². The lowest BCUT2D eigenvalue weighted by atomic mass is 10.2. The highest BCUT2D eigenvalue weighted by atomic mass is 16.6. The molecule has 0 fully saturated rings. The number of aliphatic hydroxyl groups excluding tert-OH is 1. The van der Waals surface area contributed by atoms with Crippen LogP contribution in [0.4, 0.5) is 5.82 Å². The van der Waals surface area contributed by atoms with Gasteiger partial charge in [-0.25, -0.2) is 14.6 Å². The van der Waals surface area contributed by atoms with Crippen molar-refractivity contribution >= 4 is 16.9 Å². The molecule has 0 saturated heterocycles. The molecule has 148 valence electrons. The number of nitrogens with two attached hydrogens (primary N) is 2. The van der Waals surface area contributed by atoms with Gasteiger partial charge in [-0.1, -0.05) is 12.8 Å². The second-order valence-electron chi connectivity index (χ2n) is 6.20. The van der Waals surface area contributed by atoms with Gasteiger partial charge in [-0.05, 0) is 42.5 Å². The highest BCUT2D eigenvalue weighted by molar-refractivity contribution is 5.86. The van der Waals surface area contributed by atoms with E-state index in [9.17, 15) is 5.11 Å². The second kappa shape index (κ2) is 8.69. The van der Waals surface area contributed by atoms with Crippen LogP contribution in [0, 0.1) is 11.8 Å². The maximum Gasteiger partial charge on any atom is 0.216 e. The first-order valence-corrected chi connectivity index (χ1v) is 9.07. The zero-order chi connectivity index (χ0) is 20.1. The van der Waals surface area contributed by atoms with E-state index in [4.69, 9.17) is 20.8 Å². The molecule has 0 radical (unpaired) electrons. The minimum Gasteiger partial charge on any atom is -0.478 e. The number of ether oxygens (including phenoxy) is 1. The van der Waals surface area contributed by atoms with Gasteiger partial charge in [0.15, 0.2) is 17.3 Å². The maximum absolute atomic E-state index is 9.54. The molecule has 0 aliphatic carbocycles. The van der Waals surface area contributed by atoms with Crippen molar-refractivity contribution in [3.05, 3.63) is 11.8 Å². The quantitative estimate of drug-likeness (QED) is 0.398. The number of anilines is 1. The number of imidazole rings is 1. The summed E-state index contributed by atoms with van der Waals surface area (Å²) in [5.74, 6) is 6.65. The Morgan fingerprint density at radius 2 is 2.18 bits per heavy atom. The number of pyridine rings is 1. The van der Waals surface area contributed by atoms with E-state index in [1.165, 1.54) is 0 Å². The third-order valence-corrected chi connectivity index (χ3v) is 3.88. The number of aromatic nitrogens is 5. The van der Waals surface area contributed by atoms with E-state index in [1.54, 1.807) is 13.0 Å². The highest BCUT2D eigenvalue weighted by Crippen LogP contribution is 2.30. The van der Waals surface area contributed by atoms with Crippen LogP contribution in [-0.2, 0) is 6.54 Å². The van der Waals surface area contributed by atoms with Crippen molar-refractivity contribution in [2.45, 2.75) is 39.3 Å². The molecule has 0 bridgehead atoms. The fraction of sp³-hybridized carbons (Fsp3) is 0.444. The van der Waals surface area contributed by atoms with Crippen molar-refractivity contribution in [1.29, 1.82) is 0 Å². The van der Waals surface area contributed by atoms with Gasteiger partial charge >= 0.3 is 0 Å². The molecule has 0 spiro atoms. The molecule has 3 aromatic rings. The number of aryl methyl sites for hydroxylation is 1. The van der Waals surface area contributed by atoms with Crippen LogP contribution in [-0.4, -0.2) is 49.2 Å². The van der Waals surface area contributed by atoms with Gasteiger partial charge in [-0.3, -0.25) is 0 Å².